The Morgan fingerprint density at radius 2 is 1.88 bits per heavy atom. The molecule has 0 aliphatic rings. The fourth-order valence-corrected chi connectivity index (χ4v) is 2.58. The molecular weight excluding hydrogens is 429 g/mol. The van der Waals surface area contributed by atoms with Gasteiger partial charge >= 0.3 is 0 Å². The average Bonchev–Trinajstić information content (AvgIpc) is 2.55. The number of hydrogen-bond donors (Lipinski definition) is 2. The lowest BCUT2D eigenvalue weighted by atomic mass is 10.2. The van der Waals surface area contributed by atoms with Crippen molar-refractivity contribution >= 4 is 29.9 Å². The van der Waals surface area contributed by atoms with Crippen molar-refractivity contribution in [1.29, 1.82) is 0 Å². The van der Waals surface area contributed by atoms with Crippen LogP contribution in [0.1, 0.15) is 40.3 Å². The van der Waals surface area contributed by atoms with Gasteiger partial charge in [-0.3, -0.25) is 4.90 Å². The zero-order chi connectivity index (χ0) is 17.9. The summed E-state index contributed by atoms with van der Waals surface area (Å²) in [6, 6.07) is 6.79. The quantitative estimate of drug-likeness (QED) is 0.335. The Hall–Kier alpha value is -1.09. The van der Waals surface area contributed by atoms with Crippen LogP contribution in [0.4, 0.5) is 0 Å². The van der Waals surface area contributed by atoms with E-state index >= 15 is 0 Å². The Bertz CT molecular complexity index is 500. The summed E-state index contributed by atoms with van der Waals surface area (Å²) in [5.74, 6) is 1.43. The van der Waals surface area contributed by atoms with Gasteiger partial charge in [-0.25, -0.2) is 9.98 Å². The molecule has 0 aliphatic heterocycles. The van der Waals surface area contributed by atoms with Gasteiger partial charge in [0.25, 0.3) is 0 Å². The Kier molecular flexibility index (Phi) is 12.6. The molecule has 7 heteroatoms. The average molecular weight is 463 g/mol. The lowest BCUT2D eigenvalue weighted by Crippen LogP contribution is -2.45. The molecule has 0 unspecified atom stereocenters. The molecule has 0 atom stereocenters. The Morgan fingerprint density at radius 1 is 1.20 bits per heavy atom. The summed E-state index contributed by atoms with van der Waals surface area (Å²) in [7, 11) is 1.62. The minimum atomic E-state index is 0. The number of nitrogens with one attached hydrogen (secondary N) is 2. The normalized spacial score (nSPS) is 11.6. The number of aliphatic imine (C=N–C) groups is 1. The maximum absolute atomic E-state index is 5.15. The molecule has 1 aromatic heterocycles. The summed E-state index contributed by atoms with van der Waals surface area (Å²) in [6.45, 7) is 14.2. The Labute approximate surface area is 169 Å². The highest BCUT2D eigenvalue weighted by atomic mass is 127. The van der Waals surface area contributed by atoms with Crippen LogP contribution >= 0.6 is 24.0 Å². The summed E-state index contributed by atoms with van der Waals surface area (Å²) in [6.07, 6.45) is 0. The fraction of sp³-hybridized carbons (Fsp3) is 0.667. The molecule has 0 spiro atoms. The smallest absolute Gasteiger partial charge is 0.213 e. The maximum Gasteiger partial charge on any atom is 0.213 e. The Morgan fingerprint density at radius 3 is 2.44 bits per heavy atom. The molecule has 0 amide bonds. The van der Waals surface area contributed by atoms with E-state index in [1.54, 1.807) is 7.11 Å². The van der Waals surface area contributed by atoms with Crippen LogP contribution in [-0.2, 0) is 6.54 Å². The predicted octanol–water partition coefficient (Wildman–Crippen LogP) is 2.88. The first-order chi connectivity index (χ1) is 11.5. The van der Waals surface area contributed by atoms with Crippen molar-refractivity contribution in [2.75, 3.05) is 26.7 Å². The molecular formula is C18H34IN5O. The van der Waals surface area contributed by atoms with E-state index in [0.29, 0.717) is 24.5 Å². The molecule has 0 saturated heterocycles. The molecule has 1 rings (SSSR count). The molecule has 0 bridgehead atoms. The van der Waals surface area contributed by atoms with E-state index in [4.69, 9.17) is 4.74 Å². The number of ether oxygens (including phenoxy) is 1. The zero-order valence-corrected chi connectivity index (χ0v) is 18.7. The molecule has 0 saturated carbocycles. The standard InChI is InChI=1S/C18H33N5O.HI/c1-7-19-18(20-11-12-23(14(2)3)15(4)5)21-13-16-9-8-10-17(22-16)24-6;/h8-10,14-15H,7,11-13H2,1-6H3,(H2,19,20,21);1H. The minimum Gasteiger partial charge on any atom is -0.481 e. The summed E-state index contributed by atoms with van der Waals surface area (Å²) in [4.78, 5) is 11.4. The van der Waals surface area contributed by atoms with Crippen LogP contribution in [0.15, 0.2) is 23.2 Å². The molecule has 144 valence electrons. The van der Waals surface area contributed by atoms with E-state index in [2.05, 4.69) is 60.1 Å². The van der Waals surface area contributed by atoms with Crippen LogP contribution in [0.25, 0.3) is 0 Å². The molecule has 0 aliphatic carbocycles. The highest BCUT2D eigenvalue weighted by Gasteiger charge is 2.12. The summed E-state index contributed by atoms with van der Waals surface area (Å²) >= 11 is 0. The van der Waals surface area contributed by atoms with Crippen molar-refractivity contribution in [3.05, 3.63) is 23.9 Å². The number of nitrogens with zero attached hydrogens (tertiary/aromatic N) is 3. The van der Waals surface area contributed by atoms with Crippen LogP contribution in [0.5, 0.6) is 5.88 Å². The largest absolute Gasteiger partial charge is 0.481 e. The van der Waals surface area contributed by atoms with Crippen molar-refractivity contribution in [2.24, 2.45) is 4.99 Å². The third-order valence-corrected chi connectivity index (χ3v) is 3.72. The molecule has 0 fully saturated rings. The lowest BCUT2D eigenvalue weighted by Gasteiger charge is -2.30. The highest BCUT2D eigenvalue weighted by Crippen LogP contribution is 2.07. The van der Waals surface area contributed by atoms with Crippen LogP contribution in [0.3, 0.4) is 0 Å². The van der Waals surface area contributed by atoms with Gasteiger partial charge in [0.1, 0.15) is 0 Å². The second kappa shape index (κ2) is 13.2. The molecule has 2 N–H and O–H groups in total. The number of rotatable bonds is 9. The first-order valence-corrected chi connectivity index (χ1v) is 8.75. The first kappa shape index (κ1) is 23.9. The van der Waals surface area contributed by atoms with E-state index in [1.807, 2.05) is 18.2 Å². The van der Waals surface area contributed by atoms with Gasteiger partial charge in [-0.15, -0.1) is 24.0 Å². The third-order valence-electron chi connectivity index (χ3n) is 3.72. The molecule has 25 heavy (non-hydrogen) atoms. The van der Waals surface area contributed by atoms with Crippen molar-refractivity contribution < 1.29 is 4.74 Å². The number of hydrogen-bond acceptors (Lipinski definition) is 4. The zero-order valence-electron chi connectivity index (χ0n) is 16.4. The number of methoxy groups -OCH3 is 1. The molecule has 6 nitrogen and oxygen atoms in total. The summed E-state index contributed by atoms with van der Waals surface area (Å²) < 4.78 is 5.15. The minimum absolute atomic E-state index is 0. The van der Waals surface area contributed by atoms with Crippen LogP contribution in [0, 0.1) is 0 Å². The van der Waals surface area contributed by atoms with Gasteiger partial charge in [-0.1, -0.05) is 6.07 Å². The van der Waals surface area contributed by atoms with Gasteiger partial charge in [-0.2, -0.15) is 0 Å². The van der Waals surface area contributed by atoms with Crippen LogP contribution in [0.2, 0.25) is 0 Å². The second-order valence-electron chi connectivity index (χ2n) is 6.22. The Balaban J connectivity index is 0.00000576. The highest BCUT2D eigenvalue weighted by molar-refractivity contribution is 14.0. The number of aromatic nitrogens is 1. The van der Waals surface area contributed by atoms with E-state index < -0.39 is 0 Å². The third kappa shape index (κ3) is 9.25. The van der Waals surface area contributed by atoms with E-state index in [9.17, 15) is 0 Å². The van der Waals surface area contributed by atoms with Crippen LogP contribution < -0.4 is 15.4 Å². The van der Waals surface area contributed by atoms with Crippen LogP contribution in [-0.4, -0.2) is 54.7 Å². The van der Waals surface area contributed by atoms with Gasteiger partial charge in [0, 0.05) is 37.8 Å². The topological polar surface area (TPSA) is 61.8 Å². The molecule has 1 heterocycles. The van der Waals surface area contributed by atoms with Crippen molar-refractivity contribution in [3.63, 3.8) is 0 Å². The predicted molar refractivity (Wildman–Crippen MR) is 116 cm³/mol. The maximum atomic E-state index is 5.15. The van der Waals surface area contributed by atoms with Crippen molar-refractivity contribution in [3.8, 4) is 5.88 Å². The molecule has 1 aromatic rings. The fourth-order valence-electron chi connectivity index (χ4n) is 2.58. The molecule has 0 aromatic carbocycles. The van der Waals surface area contributed by atoms with E-state index in [0.717, 1.165) is 31.3 Å². The second-order valence-corrected chi connectivity index (χ2v) is 6.22. The number of halogens is 1. The van der Waals surface area contributed by atoms with Gasteiger partial charge in [-0.05, 0) is 40.7 Å². The SMILES string of the molecule is CCNC(=NCc1cccc(OC)n1)NCCN(C(C)C)C(C)C.I. The lowest BCUT2D eigenvalue weighted by molar-refractivity contribution is 0.178. The van der Waals surface area contributed by atoms with Crippen molar-refractivity contribution in [1.82, 2.24) is 20.5 Å². The summed E-state index contributed by atoms with van der Waals surface area (Å²) in [5, 5.41) is 6.67. The van der Waals surface area contributed by atoms with E-state index in [1.165, 1.54) is 0 Å². The van der Waals surface area contributed by atoms with Gasteiger partial charge < -0.3 is 15.4 Å². The van der Waals surface area contributed by atoms with Gasteiger partial charge in [0.2, 0.25) is 5.88 Å². The van der Waals surface area contributed by atoms with Crippen molar-refractivity contribution in [2.45, 2.75) is 53.2 Å². The first-order valence-electron chi connectivity index (χ1n) is 8.75. The van der Waals surface area contributed by atoms with E-state index in [-0.39, 0.29) is 24.0 Å². The summed E-state index contributed by atoms with van der Waals surface area (Å²) in [5.41, 5.74) is 0.887. The number of pyridine rings is 1. The van der Waals surface area contributed by atoms with Gasteiger partial charge in [0.15, 0.2) is 5.96 Å². The van der Waals surface area contributed by atoms with Gasteiger partial charge in [0.05, 0.1) is 19.3 Å². The number of guanidine groups is 1. The monoisotopic (exact) mass is 463 g/mol. The molecule has 0 radical (unpaired) electrons.